The zero-order chi connectivity index (χ0) is 20.2. The lowest BCUT2D eigenvalue weighted by Crippen LogP contribution is -2.13. The maximum absolute atomic E-state index is 12.7. The number of hydrogen-bond acceptors (Lipinski definition) is 3. The van der Waals surface area contributed by atoms with Gasteiger partial charge in [0.25, 0.3) is 5.91 Å². The SMILES string of the molecule is Cc1ccccc1NC(=O)c1ccc2c(NCc3ccccc3)cccc2c1O. The van der Waals surface area contributed by atoms with Gasteiger partial charge in [-0.2, -0.15) is 0 Å². The molecule has 0 unspecified atom stereocenters. The van der Waals surface area contributed by atoms with Crippen LogP contribution in [0.25, 0.3) is 10.8 Å². The van der Waals surface area contributed by atoms with Gasteiger partial charge in [-0.05, 0) is 36.2 Å². The number of nitrogens with one attached hydrogen (secondary N) is 2. The van der Waals surface area contributed by atoms with E-state index in [9.17, 15) is 9.90 Å². The van der Waals surface area contributed by atoms with Gasteiger partial charge in [0, 0.05) is 28.7 Å². The van der Waals surface area contributed by atoms with Crippen LogP contribution < -0.4 is 10.6 Å². The van der Waals surface area contributed by atoms with Gasteiger partial charge in [0.15, 0.2) is 0 Å². The Morgan fingerprint density at radius 1 is 0.793 bits per heavy atom. The Kier molecular flexibility index (Phi) is 5.16. The topological polar surface area (TPSA) is 61.4 Å². The Hall–Kier alpha value is -3.79. The average molecular weight is 382 g/mol. The average Bonchev–Trinajstić information content (AvgIpc) is 2.75. The lowest BCUT2D eigenvalue weighted by atomic mass is 10.0. The second kappa shape index (κ2) is 8.07. The number of aryl methyl sites for hydroxylation is 1. The Morgan fingerprint density at radius 3 is 2.31 bits per heavy atom. The second-order valence-corrected chi connectivity index (χ2v) is 6.97. The first kappa shape index (κ1) is 18.6. The van der Waals surface area contributed by atoms with Crippen LogP contribution in [0.4, 0.5) is 11.4 Å². The molecule has 29 heavy (non-hydrogen) atoms. The first-order chi connectivity index (χ1) is 14.1. The Balaban J connectivity index is 1.62. The van der Waals surface area contributed by atoms with Crippen LogP contribution in [0.3, 0.4) is 0 Å². The highest BCUT2D eigenvalue weighted by Crippen LogP contribution is 2.33. The summed E-state index contributed by atoms with van der Waals surface area (Å²) in [5.41, 5.74) is 4.03. The summed E-state index contributed by atoms with van der Waals surface area (Å²) in [6.45, 7) is 2.61. The van der Waals surface area contributed by atoms with Crippen LogP contribution >= 0.6 is 0 Å². The van der Waals surface area contributed by atoms with Crippen molar-refractivity contribution in [3.8, 4) is 5.75 Å². The molecule has 0 fully saturated rings. The molecular formula is C25H22N2O2. The molecule has 1 amide bonds. The van der Waals surface area contributed by atoms with E-state index < -0.39 is 0 Å². The highest BCUT2D eigenvalue weighted by Gasteiger charge is 2.16. The largest absolute Gasteiger partial charge is 0.506 e. The van der Waals surface area contributed by atoms with Gasteiger partial charge in [-0.15, -0.1) is 0 Å². The Morgan fingerprint density at radius 2 is 1.52 bits per heavy atom. The molecule has 0 aliphatic rings. The monoisotopic (exact) mass is 382 g/mol. The second-order valence-electron chi connectivity index (χ2n) is 6.97. The summed E-state index contributed by atoms with van der Waals surface area (Å²) in [4.78, 5) is 12.7. The van der Waals surface area contributed by atoms with Crippen LogP contribution in [0.15, 0.2) is 84.9 Å². The third-order valence-corrected chi connectivity index (χ3v) is 5.00. The van der Waals surface area contributed by atoms with Crippen LogP contribution in [-0.2, 0) is 6.54 Å². The van der Waals surface area contributed by atoms with E-state index in [1.54, 1.807) is 6.07 Å². The summed E-state index contributed by atoms with van der Waals surface area (Å²) < 4.78 is 0. The molecule has 0 radical (unpaired) electrons. The zero-order valence-electron chi connectivity index (χ0n) is 16.1. The van der Waals surface area contributed by atoms with Gasteiger partial charge in [-0.3, -0.25) is 4.79 Å². The lowest BCUT2D eigenvalue weighted by molar-refractivity contribution is 0.102. The number of carbonyl (C=O) groups is 1. The van der Waals surface area contributed by atoms with Crippen LogP contribution in [0.2, 0.25) is 0 Å². The number of para-hydroxylation sites is 1. The molecule has 0 spiro atoms. The molecule has 4 rings (SSSR count). The summed E-state index contributed by atoms with van der Waals surface area (Å²) in [5, 5.41) is 18.6. The fourth-order valence-corrected chi connectivity index (χ4v) is 3.38. The number of hydrogen-bond donors (Lipinski definition) is 3. The number of anilines is 2. The van der Waals surface area contributed by atoms with Crippen molar-refractivity contribution in [1.29, 1.82) is 0 Å². The smallest absolute Gasteiger partial charge is 0.259 e. The minimum atomic E-state index is -0.332. The first-order valence-corrected chi connectivity index (χ1v) is 9.53. The fourth-order valence-electron chi connectivity index (χ4n) is 3.38. The van der Waals surface area contributed by atoms with E-state index >= 15 is 0 Å². The standard InChI is InChI=1S/C25H22N2O2/c1-17-8-5-6-12-22(17)27-25(29)21-15-14-19-20(24(21)28)11-7-13-23(19)26-16-18-9-3-2-4-10-18/h2-15,26,28H,16H2,1H3,(H,27,29). The van der Waals surface area contributed by atoms with Gasteiger partial charge in [0.1, 0.15) is 5.75 Å². The number of phenolic OH excluding ortho intramolecular Hbond substituents is 1. The van der Waals surface area contributed by atoms with E-state index in [1.165, 1.54) is 5.56 Å². The molecule has 0 bridgehead atoms. The lowest BCUT2D eigenvalue weighted by Gasteiger charge is -2.14. The quantitative estimate of drug-likeness (QED) is 0.414. The van der Waals surface area contributed by atoms with E-state index in [1.807, 2.05) is 73.7 Å². The van der Waals surface area contributed by atoms with E-state index in [2.05, 4.69) is 22.8 Å². The van der Waals surface area contributed by atoms with Crippen molar-refractivity contribution in [2.24, 2.45) is 0 Å². The maximum atomic E-state index is 12.7. The van der Waals surface area contributed by atoms with Crippen molar-refractivity contribution in [1.82, 2.24) is 0 Å². The van der Waals surface area contributed by atoms with Crippen molar-refractivity contribution in [3.05, 3.63) is 102 Å². The molecule has 0 atom stereocenters. The number of carbonyl (C=O) groups excluding carboxylic acids is 1. The highest BCUT2D eigenvalue weighted by atomic mass is 16.3. The summed E-state index contributed by atoms with van der Waals surface area (Å²) in [7, 11) is 0. The number of amides is 1. The molecular weight excluding hydrogens is 360 g/mol. The molecule has 4 aromatic carbocycles. The number of rotatable bonds is 5. The van der Waals surface area contributed by atoms with Crippen molar-refractivity contribution in [3.63, 3.8) is 0 Å². The summed E-state index contributed by atoms with van der Waals surface area (Å²) >= 11 is 0. The maximum Gasteiger partial charge on any atom is 0.259 e. The molecule has 4 nitrogen and oxygen atoms in total. The minimum absolute atomic E-state index is 0.0167. The molecule has 0 heterocycles. The van der Waals surface area contributed by atoms with Gasteiger partial charge in [0.2, 0.25) is 0 Å². The van der Waals surface area contributed by atoms with Gasteiger partial charge < -0.3 is 15.7 Å². The van der Waals surface area contributed by atoms with Crippen molar-refractivity contribution in [2.75, 3.05) is 10.6 Å². The van der Waals surface area contributed by atoms with Crippen LogP contribution in [0.5, 0.6) is 5.75 Å². The molecule has 4 aromatic rings. The van der Waals surface area contributed by atoms with Gasteiger partial charge >= 0.3 is 0 Å². The zero-order valence-corrected chi connectivity index (χ0v) is 16.1. The van der Waals surface area contributed by atoms with E-state index in [4.69, 9.17) is 0 Å². The first-order valence-electron chi connectivity index (χ1n) is 9.53. The predicted molar refractivity (Wildman–Crippen MR) is 119 cm³/mol. The molecule has 0 aliphatic carbocycles. The fraction of sp³-hybridized carbons (Fsp3) is 0.0800. The predicted octanol–water partition coefficient (Wildman–Crippen LogP) is 5.72. The van der Waals surface area contributed by atoms with E-state index in [0.29, 0.717) is 11.9 Å². The third-order valence-electron chi connectivity index (χ3n) is 5.00. The Bertz CT molecular complexity index is 1170. The summed E-state index contributed by atoms with van der Waals surface area (Å²) in [6, 6.07) is 26.9. The highest BCUT2D eigenvalue weighted by molar-refractivity contribution is 6.11. The number of benzene rings is 4. The molecule has 0 aromatic heterocycles. The minimum Gasteiger partial charge on any atom is -0.506 e. The van der Waals surface area contributed by atoms with E-state index in [-0.39, 0.29) is 17.2 Å². The van der Waals surface area contributed by atoms with Gasteiger partial charge in [-0.25, -0.2) is 0 Å². The van der Waals surface area contributed by atoms with Crippen molar-refractivity contribution in [2.45, 2.75) is 13.5 Å². The van der Waals surface area contributed by atoms with Crippen molar-refractivity contribution >= 4 is 28.1 Å². The van der Waals surface area contributed by atoms with Crippen LogP contribution in [-0.4, -0.2) is 11.0 Å². The number of phenols is 1. The third kappa shape index (κ3) is 3.92. The van der Waals surface area contributed by atoms with Gasteiger partial charge in [-0.1, -0.05) is 66.7 Å². The number of aromatic hydroxyl groups is 1. The summed E-state index contributed by atoms with van der Waals surface area (Å²) in [5.74, 6) is -0.349. The molecule has 4 heteroatoms. The molecule has 0 saturated carbocycles. The molecule has 3 N–H and O–H groups in total. The summed E-state index contributed by atoms with van der Waals surface area (Å²) in [6.07, 6.45) is 0. The molecule has 0 saturated heterocycles. The van der Waals surface area contributed by atoms with Crippen LogP contribution in [0, 0.1) is 6.92 Å². The normalized spacial score (nSPS) is 10.7. The van der Waals surface area contributed by atoms with Crippen LogP contribution in [0.1, 0.15) is 21.5 Å². The Labute approximate surface area is 169 Å². The van der Waals surface area contributed by atoms with Crippen molar-refractivity contribution < 1.29 is 9.90 Å². The molecule has 144 valence electrons. The number of fused-ring (bicyclic) bond motifs is 1. The van der Waals surface area contributed by atoms with Gasteiger partial charge in [0.05, 0.1) is 5.56 Å². The molecule has 0 aliphatic heterocycles. The van der Waals surface area contributed by atoms with E-state index in [0.717, 1.165) is 22.3 Å².